The summed E-state index contributed by atoms with van der Waals surface area (Å²) in [5.41, 5.74) is 2.51. The number of pyridine rings is 1. The summed E-state index contributed by atoms with van der Waals surface area (Å²) in [6, 6.07) is 10.8. The molecule has 5 heteroatoms. The predicted octanol–water partition coefficient (Wildman–Crippen LogP) is 1.86. The normalized spacial score (nSPS) is 9.95. The predicted molar refractivity (Wildman–Crippen MR) is 77.5 cm³/mol. The third-order valence-corrected chi connectivity index (χ3v) is 2.99. The van der Waals surface area contributed by atoms with Crippen LogP contribution in [0.15, 0.2) is 48.8 Å². The summed E-state index contributed by atoms with van der Waals surface area (Å²) in [5, 5.41) is 2.72. The maximum Gasteiger partial charge on any atom is 0.338 e. The molecule has 1 amide bonds. The number of nitrogens with zero attached hydrogens (tertiary/aromatic N) is 1. The number of carbonyl (C=O) groups is 2. The van der Waals surface area contributed by atoms with Gasteiger partial charge < -0.3 is 10.1 Å². The van der Waals surface area contributed by atoms with E-state index >= 15 is 0 Å². The van der Waals surface area contributed by atoms with Crippen LogP contribution in [-0.4, -0.2) is 23.5 Å². The highest BCUT2D eigenvalue weighted by Gasteiger charge is 2.09. The highest BCUT2D eigenvalue weighted by Crippen LogP contribution is 2.06. The summed E-state index contributed by atoms with van der Waals surface area (Å²) in [6.07, 6.45) is 2.99. The number of aryl methyl sites for hydroxylation is 1. The lowest BCUT2D eigenvalue weighted by Gasteiger charge is -2.08. The quantitative estimate of drug-likeness (QED) is 0.851. The first-order chi connectivity index (χ1) is 10.2. The van der Waals surface area contributed by atoms with Crippen LogP contribution in [0, 0.1) is 6.92 Å². The van der Waals surface area contributed by atoms with Gasteiger partial charge in [0.25, 0.3) is 5.91 Å². The van der Waals surface area contributed by atoms with Gasteiger partial charge in [0.05, 0.1) is 5.56 Å². The van der Waals surface area contributed by atoms with Crippen molar-refractivity contribution in [1.82, 2.24) is 10.3 Å². The van der Waals surface area contributed by atoms with Gasteiger partial charge in [0, 0.05) is 18.9 Å². The standard InChI is InChI=1S/C16H16N2O3/c1-12-4-2-3-5-14(12)10-18-15(19)11-21-16(20)13-6-8-17-9-7-13/h2-9H,10-11H2,1H3,(H,18,19). The Bertz CT molecular complexity index is 626. The van der Waals surface area contributed by atoms with E-state index in [1.54, 1.807) is 0 Å². The molecule has 0 atom stereocenters. The van der Waals surface area contributed by atoms with Crippen LogP contribution in [0.5, 0.6) is 0 Å². The zero-order valence-electron chi connectivity index (χ0n) is 11.7. The van der Waals surface area contributed by atoms with Crippen molar-refractivity contribution in [1.29, 1.82) is 0 Å². The minimum absolute atomic E-state index is 0.299. The summed E-state index contributed by atoms with van der Waals surface area (Å²) in [7, 11) is 0. The van der Waals surface area contributed by atoms with Crippen molar-refractivity contribution in [2.24, 2.45) is 0 Å². The van der Waals surface area contributed by atoms with Gasteiger partial charge >= 0.3 is 5.97 Å². The van der Waals surface area contributed by atoms with Crippen LogP contribution in [-0.2, 0) is 16.1 Å². The minimum atomic E-state index is -0.538. The summed E-state index contributed by atoms with van der Waals surface area (Å²) < 4.78 is 4.93. The molecule has 5 nitrogen and oxygen atoms in total. The van der Waals surface area contributed by atoms with E-state index in [1.165, 1.54) is 24.5 Å². The molecular formula is C16H16N2O3. The monoisotopic (exact) mass is 284 g/mol. The number of esters is 1. The van der Waals surface area contributed by atoms with Gasteiger partial charge in [0.15, 0.2) is 6.61 Å². The number of nitrogens with one attached hydrogen (secondary N) is 1. The molecule has 1 N–H and O–H groups in total. The Morgan fingerprint density at radius 2 is 1.86 bits per heavy atom. The van der Waals surface area contributed by atoms with Crippen LogP contribution in [0.1, 0.15) is 21.5 Å². The first kappa shape index (κ1) is 14.7. The van der Waals surface area contributed by atoms with Gasteiger partial charge in [0.2, 0.25) is 0 Å². The maximum absolute atomic E-state index is 11.7. The second kappa shape index (κ2) is 7.19. The molecule has 0 saturated carbocycles. The second-order valence-corrected chi connectivity index (χ2v) is 4.52. The molecular weight excluding hydrogens is 268 g/mol. The summed E-state index contributed by atoms with van der Waals surface area (Å²) in [6.45, 7) is 2.09. The van der Waals surface area contributed by atoms with E-state index in [9.17, 15) is 9.59 Å². The number of hydrogen-bond acceptors (Lipinski definition) is 4. The van der Waals surface area contributed by atoms with E-state index < -0.39 is 5.97 Å². The van der Waals surface area contributed by atoms with E-state index in [4.69, 9.17) is 4.74 Å². The molecule has 1 aromatic heterocycles. The molecule has 0 aliphatic heterocycles. The lowest BCUT2D eigenvalue weighted by atomic mass is 10.1. The average molecular weight is 284 g/mol. The molecule has 21 heavy (non-hydrogen) atoms. The van der Waals surface area contributed by atoms with Crippen molar-refractivity contribution in [2.75, 3.05) is 6.61 Å². The van der Waals surface area contributed by atoms with Gasteiger partial charge in [-0.2, -0.15) is 0 Å². The van der Waals surface area contributed by atoms with Gasteiger partial charge in [-0.05, 0) is 30.2 Å². The van der Waals surface area contributed by atoms with E-state index in [0.29, 0.717) is 12.1 Å². The van der Waals surface area contributed by atoms with E-state index in [-0.39, 0.29) is 12.5 Å². The number of ether oxygens (including phenoxy) is 1. The fraction of sp³-hybridized carbons (Fsp3) is 0.188. The number of benzene rings is 1. The number of rotatable bonds is 5. The smallest absolute Gasteiger partial charge is 0.338 e. The van der Waals surface area contributed by atoms with Gasteiger partial charge in [-0.3, -0.25) is 9.78 Å². The Morgan fingerprint density at radius 1 is 1.14 bits per heavy atom. The maximum atomic E-state index is 11.7. The van der Waals surface area contributed by atoms with Crippen LogP contribution in [0.3, 0.4) is 0 Å². The molecule has 2 rings (SSSR count). The molecule has 0 aliphatic carbocycles. The summed E-state index contributed by atoms with van der Waals surface area (Å²) in [5.74, 6) is -0.871. The Kier molecular flexibility index (Phi) is 5.04. The van der Waals surface area contributed by atoms with Crippen molar-refractivity contribution in [2.45, 2.75) is 13.5 Å². The molecule has 1 heterocycles. The lowest BCUT2D eigenvalue weighted by molar-refractivity contribution is -0.124. The van der Waals surface area contributed by atoms with Gasteiger partial charge in [-0.25, -0.2) is 4.79 Å². The highest BCUT2D eigenvalue weighted by atomic mass is 16.5. The molecule has 0 fully saturated rings. The summed E-state index contributed by atoms with van der Waals surface area (Å²) >= 11 is 0. The molecule has 0 saturated heterocycles. The van der Waals surface area contributed by atoms with Crippen molar-refractivity contribution in [3.8, 4) is 0 Å². The molecule has 0 bridgehead atoms. The molecule has 1 aromatic carbocycles. The first-order valence-electron chi connectivity index (χ1n) is 6.55. The zero-order valence-corrected chi connectivity index (χ0v) is 11.7. The minimum Gasteiger partial charge on any atom is -0.452 e. The SMILES string of the molecule is Cc1ccccc1CNC(=O)COC(=O)c1ccncc1. The number of aromatic nitrogens is 1. The zero-order chi connectivity index (χ0) is 15.1. The van der Waals surface area contributed by atoms with Crippen LogP contribution in [0.4, 0.5) is 0 Å². The number of amides is 1. The largest absolute Gasteiger partial charge is 0.452 e. The first-order valence-corrected chi connectivity index (χ1v) is 6.55. The molecule has 0 radical (unpaired) electrons. The van der Waals surface area contributed by atoms with Crippen molar-refractivity contribution >= 4 is 11.9 Å². The molecule has 2 aromatic rings. The van der Waals surface area contributed by atoms with Crippen LogP contribution in [0.25, 0.3) is 0 Å². The molecule has 108 valence electrons. The number of hydrogen-bond donors (Lipinski definition) is 1. The number of carbonyl (C=O) groups excluding carboxylic acids is 2. The second-order valence-electron chi connectivity index (χ2n) is 4.52. The van der Waals surface area contributed by atoms with Crippen LogP contribution >= 0.6 is 0 Å². The topological polar surface area (TPSA) is 68.3 Å². The highest BCUT2D eigenvalue weighted by molar-refractivity contribution is 5.91. The third-order valence-electron chi connectivity index (χ3n) is 2.99. The van der Waals surface area contributed by atoms with Gasteiger partial charge in [-0.1, -0.05) is 24.3 Å². The van der Waals surface area contributed by atoms with Crippen molar-refractivity contribution in [3.63, 3.8) is 0 Å². The lowest BCUT2D eigenvalue weighted by Crippen LogP contribution is -2.28. The Labute approximate surface area is 123 Å². The fourth-order valence-electron chi connectivity index (χ4n) is 1.76. The van der Waals surface area contributed by atoms with Gasteiger partial charge in [-0.15, -0.1) is 0 Å². The van der Waals surface area contributed by atoms with Gasteiger partial charge in [0.1, 0.15) is 0 Å². The third kappa shape index (κ3) is 4.42. The molecule has 0 aliphatic rings. The summed E-state index contributed by atoms with van der Waals surface area (Å²) in [4.78, 5) is 27.1. The van der Waals surface area contributed by atoms with Crippen molar-refractivity contribution in [3.05, 3.63) is 65.5 Å². The van der Waals surface area contributed by atoms with Crippen LogP contribution < -0.4 is 5.32 Å². The Hall–Kier alpha value is -2.69. The average Bonchev–Trinajstić information content (AvgIpc) is 2.52. The molecule has 0 unspecified atom stereocenters. The van der Waals surface area contributed by atoms with Crippen molar-refractivity contribution < 1.29 is 14.3 Å². The van der Waals surface area contributed by atoms with Crippen LogP contribution in [0.2, 0.25) is 0 Å². The van der Waals surface area contributed by atoms with E-state index in [2.05, 4.69) is 10.3 Å². The molecule has 0 spiro atoms. The fourth-order valence-corrected chi connectivity index (χ4v) is 1.76. The Balaban J connectivity index is 1.78. The van der Waals surface area contributed by atoms with E-state index in [1.807, 2.05) is 31.2 Å². The Morgan fingerprint density at radius 3 is 2.57 bits per heavy atom. The van der Waals surface area contributed by atoms with E-state index in [0.717, 1.165) is 11.1 Å².